The highest BCUT2D eigenvalue weighted by Crippen LogP contribution is 2.24. The Labute approximate surface area is 137 Å². The van der Waals surface area contributed by atoms with Gasteiger partial charge in [0.05, 0.1) is 6.10 Å². The number of halogens is 1. The number of rotatable bonds is 4. The molecule has 0 bridgehead atoms. The summed E-state index contributed by atoms with van der Waals surface area (Å²) in [6.07, 6.45) is 3.01. The second kappa shape index (κ2) is 7.34. The number of aliphatic hydroxyl groups excluding tert-OH is 1. The molecule has 0 unspecified atom stereocenters. The van der Waals surface area contributed by atoms with E-state index in [1.807, 2.05) is 24.3 Å². The predicted octanol–water partition coefficient (Wildman–Crippen LogP) is 3.22. The molecule has 1 aliphatic carbocycles. The average Bonchev–Trinajstić information content (AvgIpc) is 2.48. The first-order valence-electron chi connectivity index (χ1n) is 7.85. The monoisotopic (exact) mass is 324 g/mol. The maximum atomic E-state index is 12.0. The van der Waals surface area contributed by atoms with Gasteiger partial charge in [0.2, 0.25) is 0 Å². The second-order valence-corrected chi connectivity index (χ2v) is 7.16. The van der Waals surface area contributed by atoms with Gasteiger partial charge in [-0.1, -0.05) is 37.6 Å². The van der Waals surface area contributed by atoms with Gasteiger partial charge >= 0.3 is 6.03 Å². The van der Waals surface area contributed by atoms with Gasteiger partial charge in [0.15, 0.2) is 0 Å². The van der Waals surface area contributed by atoms with Crippen molar-refractivity contribution in [2.75, 3.05) is 6.54 Å². The molecule has 1 saturated carbocycles. The van der Waals surface area contributed by atoms with E-state index in [0.29, 0.717) is 11.6 Å². The third-order valence-corrected chi connectivity index (χ3v) is 4.60. The Bertz CT molecular complexity index is 494. The Hall–Kier alpha value is -1.26. The quantitative estimate of drug-likeness (QED) is 0.796. The molecule has 0 atom stereocenters. The third-order valence-electron chi connectivity index (χ3n) is 4.35. The SMILES string of the molecule is CC(C)(CNC(=O)NC1CCC(O)CC1)c1ccc(Cl)cc1. The molecule has 0 radical (unpaired) electrons. The van der Waals surface area contributed by atoms with E-state index in [4.69, 9.17) is 11.6 Å². The van der Waals surface area contributed by atoms with E-state index in [-0.39, 0.29) is 23.6 Å². The molecule has 0 spiro atoms. The van der Waals surface area contributed by atoms with Crippen LogP contribution in [0.5, 0.6) is 0 Å². The van der Waals surface area contributed by atoms with Crippen molar-refractivity contribution in [2.45, 2.75) is 57.1 Å². The lowest BCUT2D eigenvalue weighted by Crippen LogP contribution is -2.47. The Morgan fingerprint density at radius 3 is 2.41 bits per heavy atom. The Morgan fingerprint density at radius 2 is 1.82 bits per heavy atom. The van der Waals surface area contributed by atoms with E-state index in [1.54, 1.807) is 0 Å². The van der Waals surface area contributed by atoms with E-state index in [9.17, 15) is 9.90 Å². The molecule has 5 heteroatoms. The molecular weight excluding hydrogens is 300 g/mol. The lowest BCUT2D eigenvalue weighted by Gasteiger charge is -2.28. The highest BCUT2D eigenvalue weighted by molar-refractivity contribution is 6.30. The second-order valence-electron chi connectivity index (χ2n) is 6.72. The van der Waals surface area contributed by atoms with Crippen LogP contribution in [0.1, 0.15) is 45.1 Å². The maximum Gasteiger partial charge on any atom is 0.315 e. The van der Waals surface area contributed by atoms with E-state index in [2.05, 4.69) is 24.5 Å². The molecule has 2 amide bonds. The fourth-order valence-corrected chi connectivity index (χ4v) is 2.89. The van der Waals surface area contributed by atoms with Gasteiger partial charge in [-0.2, -0.15) is 0 Å². The third kappa shape index (κ3) is 4.89. The largest absolute Gasteiger partial charge is 0.393 e. The van der Waals surface area contributed by atoms with Crippen LogP contribution in [0.15, 0.2) is 24.3 Å². The van der Waals surface area contributed by atoms with Gasteiger partial charge in [-0.3, -0.25) is 0 Å². The Morgan fingerprint density at radius 1 is 1.23 bits per heavy atom. The van der Waals surface area contributed by atoms with Crippen molar-refractivity contribution in [2.24, 2.45) is 0 Å². The molecule has 3 N–H and O–H groups in total. The molecule has 2 rings (SSSR count). The summed E-state index contributed by atoms with van der Waals surface area (Å²) in [7, 11) is 0. The minimum absolute atomic E-state index is 0.136. The highest BCUT2D eigenvalue weighted by atomic mass is 35.5. The van der Waals surface area contributed by atoms with Crippen molar-refractivity contribution in [1.82, 2.24) is 10.6 Å². The number of hydrogen-bond acceptors (Lipinski definition) is 2. The fourth-order valence-electron chi connectivity index (χ4n) is 2.76. The van der Waals surface area contributed by atoms with Gasteiger partial charge in [-0.05, 0) is 43.4 Å². The summed E-state index contributed by atoms with van der Waals surface area (Å²) >= 11 is 5.91. The predicted molar refractivity (Wildman–Crippen MR) is 89.3 cm³/mol. The summed E-state index contributed by atoms with van der Waals surface area (Å²) < 4.78 is 0. The van der Waals surface area contributed by atoms with Gasteiger partial charge in [0.25, 0.3) is 0 Å². The topological polar surface area (TPSA) is 61.4 Å². The lowest BCUT2D eigenvalue weighted by molar-refractivity contribution is 0.117. The number of amides is 2. The molecular formula is C17H25ClN2O2. The molecule has 1 aromatic carbocycles. The number of carbonyl (C=O) groups is 1. The van der Waals surface area contributed by atoms with E-state index < -0.39 is 0 Å². The first kappa shape index (κ1) is 17.1. The van der Waals surface area contributed by atoms with E-state index in [0.717, 1.165) is 31.2 Å². The number of aliphatic hydroxyl groups is 1. The Kier molecular flexibility index (Phi) is 5.70. The molecule has 0 aromatic heterocycles. The molecule has 122 valence electrons. The summed E-state index contributed by atoms with van der Waals surface area (Å²) in [6.45, 7) is 4.73. The first-order chi connectivity index (χ1) is 10.4. The van der Waals surface area contributed by atoms with Crippen molar-refractivity contribution in [1.29, 1.82) is 0 Å². The van der Waals surface area contributed by atoms with Gasteiger partial charge in [0.1, 0.15) is 0 Å². The minimum atomic E-state index is -0.204. The van der Waals surface area contributed by atoms with Crippen LogP contribution < -0.4 is 10.6 Å². The zero-order valence-corrected chi connectivity index (χ0v) is 14.0. The molecule has 1 aromatic rings. The number of nitrogens with one attached hydrogen (secondary N) is 2. The lowest BCUT2D eigenvalue weighted by atomic mass is 9.85. The zero-order chi connectivity index (χ0) is 16.2. The van der Waals surface area contributed by atoms with Crippen molar-refractivity contribution < 1.29 is 9.90 Å². The standard InChI is InChI=1S/C17H25ClN2O2/c1-17(2,12-3-5-13(18)6-4-12)11-19-16(22)20-14-7-9-15(21)10-8-14/h3-6,14-15,21H,7-11H2,1-2H3,(H2,19,20,22). The van der Waals surface area contributed by atoms with Crippen molar-refractivity contribution in [3.8, 4) is 0 Å². The smallest absolute Gasteiger partial charge is 0.315 e. The van der Waals surface area contributed by atoms with Crippen LogP contribution in [0.3, 0.4) is 0 Å². The molecule has 0 aliphatic heterocycles. The van der Waals surface area contributed by atoms with Crippen LogP contribution in [0.2, 0.25) is 5.02 Å². The van der Waals surface area contributed by atoms with Gasteiger partial charge in [-0.25, -0.2) is 4.79 Å². The van der Waals surface area contributed by atoms with Crippen molar-refractivity contribution in [3.63, 3.8) is 0 Å². The van der Waals surface area contributed by atoms with Crippen LogP contribution in [0.25, 0.3) is 0 Å². The van der Waals surface area contributed by atoms with Crippen molar-refractivity contribution in [3.05, 3.63) is 34.9 Å². The number of benzene rings is 1. The summed E-state index contributed by atoms with van der Waals surface area (Å²) in [4.78, 5) is 12.0. The molecule has 1 fully saturated rings. The number of carbonyl (C=O) groups excluding carboxylic acids is 1. The van der Waals surface area contributed by atoms with Crippen LogP contribution in [-0.4, -0.2) is 29.8 Å². The normalized spacial score (nSPS) is 22.2. The van der Waals surface area contributed by atoms with Crippen LogP contribution in [0, 0.1) is 0 Å². The molecule has 0 saturated heterocycles. The summed E-state index contributed by atoms with van der Waals surface area (Å²) in [5, 5.41) is 16.1. The molecule has 1 aliphatic rings. The van der Waals surface area contributed by atoms with Gasteiger partial charge in [0, 0.05) is 23.0 Å². The average molecular weight is 325 g/mol. The van der Waals surface area contributed by atoms with E-state index >= 15 is 0 Å². The van der Waals surface area contributed by atoms with Crippen LogP contribution in [-0.2, 0) is 5.41 Å². The molecule has 0 heterocycles. The fraction of sp³-hybridized carbons (Fsp3) is 0.588. The summed E-state index contributed by atoms with van der Waals surface area (Å²) in [5.41, 5.74) is 0.975. The van der Waals surface area contributed by atoms with Crippen LogP contribution in [0.4, 0.5) is 4.79 Å². The highest BCUT2D eigenvalue weighted by Gasteiger charge is 2.23. The maximum absolute atomic E-state index is 12.0. The van der Waals surface area contributed by atoms with Gasteiger partial charge in [-0.15, -0.1) is 0 Å². The zero-order valence-electron chi connectivity index (χ0n) is 13.2. The number of urea groups is 1. The minimum Gasteiger partial charge on any atom is -0.393 e. The summed E-state index contributed by atoms with van der Waals surface area (Å²) in [6, 6.07) is 7.75. The van der Waals surface area contributed by atoms with E-state index in [1.165, 1.54) is 0 Å². The Balaban J connectivity index is 1.81. The summed E-state index contributed by atoms with van der Waals surface area (Å²) in [5.74, 6) is 0. The first-order valence-corrected chi connectivity index (χ1v) is 8.23. The van der Waals surface area contributed by atoms with Crippen molar-refractivity contribution >= 4 is 17.6 Å². The molecule has 4 nitrogen and oxygen atoms in total. The van der Waals surface area contributed by atoms with Crippen LogP contribution >= 0.6 is 11.6 Å². The molecule has 22 heavy (non-hydrogen) atoms. The van der Waals surface area contributed by atoms with Gasteiger partial charge < -0.3 is 15.7 Å². The number of hydrogen-bond donors (Lipinski definition) is 3.